The molecule has 0 spiro atoms. The van der Waals surface area contributed by atoms with Crippen molar-refractivity contribution in [1.29, 1.82) is 0 Å². The second kappa shape index (κ2) is 6.01. The van der Waals surface area contributed by atoms with Gasteiger partial charge in [0, 0.05) is 30.0 Å². The lowest BCUT2D eigenvalue weighted by Gasteiger charge is -2.39. The first kappa shape index (κ1) is 14.5. The summed E-state index contributed by atoms with van der Waals surface area (Å²) < 4.78 is 0.960. The molecule has 19 heavy (non-hydrogen) atoms. The number of carboxylic acids is 1. The van der Waals surface area contributed by atoms with Crippen LogP contribution in [0.4, 0.5) is 0 Å². The van der Waals surface area contributed by atoms with Gasteiger partial charge in [0.25, 0.3) is 0 Å². The summed E-state index contributed by atoms with van der Waals surface area (Å²) in [6.45, 7) is 4.33. The van der Waals surface area contributed by atoms with E-state index in [4.69, 9.17) is 0 Å². The molecule has 0 radical (unpaired) electrons. The molecule has 1 aliphatic heterocycles. The van der Waals surface area contributed by atoms with Crippen LogP contribution < -0.4 is 0 Å². The second-order valence-corrected chi connectivity index (χ2v) is 6.18. The number of pyridine rings is 1. The van der Waals surface area contributed by atoms with Crippen LogP contribution in [-0.2, 0) is 11.3 Å². The van der Waals surface area contributed by atoms with E-state index in [2.05, 4.69) is 25.8 Å². The summed E-state index contributed by atoms with van der Waals surface area (Å²) in [5.74, 6) is -0.660. The molecule has 1 atom stereocenters. The van der Waals surface area contributed by atoms with E-state index >= 15 is 0 Å². The van der Waals surface area contributed by atoms with Gasteiger partial charge >= 0.3 is 5.97 Å². The Morgan fingerprint density at radius 1 is 1.58 bits per heavy atom. The Bertz CT molecular complexity index is 467. The van der Waals surface area contributed by atoms with Gasteiger partial charge in [-0.25, -0.2) is 0 Å². The van der Waals surface area contributed by atoms with E-state index in [1.807, 2.05) is 19.2 Å². The second-order valence-electron chi connectivity index (χ2n) is 5.26. The van der Waals surface area contributed by atoms with Gasteiger partial charge in [0.05, 0.1) is 5.41 Å². The Morgan fingerprint density at radius 2 is 2.37 bits per heavy atom. The number of hydrogen-bond donors (Lipinski definition) is 1. The van der Waals surface area contributed by atoms with Crippen LogP contribution in [0.1, 0.15) is 31.7 Å². The highest BCUT2D eigenvalue weighted by atomic mass is 79.9. The first-order valence-corrected chi connectivity index (χ1v) is 7.40. The van der Waals surface area contributed by atoms with Gasteiger partial charge in [-0.15, -0.1) is 0 Å². The Labute approximate surface area is 122 Å². The van der Waals surface area contributed by atoms with Crippen molar-refractivity contribution in [3.05, 3.63) is 28.5 Å². The van der Waals surface area contributed by atoms with Crippen LogP contribution in [0.15, 0.2) is 22.9 Å². The number of hydrogen-bond acceptors (Lipinski definition) is 3. The number of piperidine rings is 1. The van der Waals surface area contributed by atoms with E-state index in [1.54, 1.807) is 6.20 Å². The fourth-order valence-electron chi connectivity index (χ4n) is 2.78. The average Bonchev–Trinajstić information content (AvgIpc) is 2.38. The first-order valence-electron chi connectivity index (χ1n) is 6.61. The lowest BCUT2D eigenvalue weighted by Crippen LogP contribution is -2.47. The quantitative estimate of drug-likeness (QED) is 0.924. The number of aromatic nitrogens is 1. The van der Waals surface area contributed by atoms with Crippen molar-refractivity contribution in [2.24, 2.45) is 5.41 Å². The molecule has 0 aromatic carbocycles. The predicted molar refractivity (Wildman–Crippen MR) is 76.8 cm³/mol. The summed E-state index contributed by atoms with van der Waals surface area (Å²) in [6, 6.07) is 2.04. The molecule has 5 heteroatoms. The molecule has 0 amide bonds. The van der Waals surface area contributed by atoms with Crippen LogP contribution in [0.25, 0.3) is 0 Å². The normalized spacial score (nSPS) is 24.3. The van der Waals surface area contributed by atoms with Crippen LogP contribution in [-0.4, -0.2) is 34.0 Å². The summed E-state index contributed by atoms with van der Waals surface area (Å²) in [6.07, 6.45) is 6.02. The number of likely N-dealkylation sites (tertiary alicyclic amines) is 1. The molecule has 1 saturated heterocycles. The fourth-order valence-corrected chi connectivity index (χ4v) is 3.19. The number of nitrogens with zero attached hydrogens (tertiary/aromatic N) is 2. The maximum absolute atomic E-state index is 11.5. The smallest absolute Gasteiger partial charge is 0.310 e. The van der Waals surface area contributed by atoms with Crippen molar-refractivity contribution in [2.75, 3.05) is 13.1 Å². The SMILES string of the molecule is CCC1(C(=O)O)CCCN(Cc2cncc(Br)c2)C1. The highest BCUT2D eigenvalue weighted by Crippen LogP contribution is 2.34. The Morgan fingerprint density at radius 3 is 3.00 bits per heavy atom. The van der Waals surface area contributed by atoms with Gasteiger partial charge < -0.3 is 5.11 Å². The number of halogens is 1. The molecule has 1 aromatic heterocycles. The van der Waals surface area contributed by atoms with E-state index in [1.165, 1.54) is 0 Å². The maximum Gasteiger partial charge on any atom is 0.310 e. The van der Waals surface area contributed by atoms with Crippen molar-refractivity contribution in [2.45, 2.75) is 32.7 Å². The lowest BCUT2D eigenvalue weighted by atomic mass is 9.77. The molecule has 0 saturated carbocycles. The van der Waals surface area contributed by atoms with Crippen molar-refractivity contribution < 1.29 is 9.90 Å². The van der Waals surface area contributed by atoms with Gasteiger partial charge in [-0.2, -0.15) is 0 Å². The minimum Gasteiger partial charge on any atom is -0.481 e. The molecule has 0 bridgehead atoms. The van der Waals surface area contributed by atoms with Crippen LogP contribution in [0.3, 0.4) is 0 Å². The van der Waals surface area contributed by atoms with E-state index in [0.29, 0.717) is 13.0 Å². The van der Waals surface area contributed by atoms with E-state index in [9.17, 15) is 9.90 Å². The van der Waals surface area contributed by atoms with Crippen molar-refractivity contribution in [1.82, 2.24) is 9.88 Å². The van der Waals surface area contributed by atoms with Crippen molar-refractivity contribution in [3.8, 4) is 0 Å². The van der Waals surface area contributed by atoms with E-state index in [-0.39, 0.29) is 0 Å². The Hall–Kier alpha value is -0.940. The van der Waals surface area contributed by atoms with Crippen molar-refractivity contribution >= 4 is 21.9 Å². The molecule has 0 aliphatic carbocycles. The largest absolute Gasteiger partial charge is 0.481 e. The number of carboxylic acid groups (broad SMARTS) is 1. The third-order valence-corrected chi connectivity index (χ3v) is 4.39. The van der Waals surface area contributed by atoms with Gasteiger partial charge in [-0.05, 0) is 53.4 Å². The first-order chi connectivity index (χ1) is 9.05. The highest BCUT2D eigenvalue weighted by molar-refractivity contribution is 9.10. The van der Waals surface area contributed by atoms with Gasteiger partial charge in [-0.3, -0.25) is 14.7 Å². The minimum absolute atomic E-state index is 0.572. The molecular weight excluding hydrogens is 308 g/mol. The Kier molecular flexibility index (Phi) is 4.58. The Balaban J connectivity index is 2.07. The third-order valence-electron chi connectivity index (χ3n) is 3.95. The van der Waals surface area contributed by atoms with E-state index < -0.39 is 11.4 Å². The third kappa shape index (κ3) is 3.34. The zero-order valence-electron chi connectivity index (χ0n) is 11.1. The van der Waals surface area contributed by atoms with Crippen LogP contribution >= 0.6 is 15.9 Å². The summed E-state index contributed by atoms with van der Waals surface area (Å²) in [4.78, 5) is 17.9. The lowest BCUT2D eigenvalue weighted by molar-refractivity contribution is -0.153. The molecule has 1 fully saturated rings. The molecule has 104 valence electrons. The van der Waals surface area contributed by atoms with E-state index in [0.717, 1.165) is 36.0 Å². The highest BCUT2D eigenvalue weighted by Gasteiger charge is 2.40. The predicted octanol–water partition coefficient (Wildman–Crippen LogP) is 2.92. The molecule has 4 nitrogen and oxygen atoms in total. The summed E-state index contributed by atoms with van der Waals surface area (Å²) >= 11 is 3.41. The average molecular weight is 327 g/mol. The summed E-state index contributed by atoms with van der Waals surface area (Å²) in [7, 11) is 0. The number of carbonyl (C=O) groups is 1. The van der Waals surface area contributed by atoms with Crippen LogP contribution in [0.2, 0.25) is 0 Å². The molecule has 1 aromatic rings. The van der Waals surface area contributed by atoms with Gasteiger partial charge in [0.2, 0.25) is 0 Å². The molecule has 1 N–H and O–H groups in total. The maximum atomic E-state index is 11.5. The fraction of sp³-hybridized carbons (Fsp3) is 0.571. The summed E-state index contributed by atoms with van der Waals surface area (Å²) in [5.41, 5.74) is 0.546. The molecule has 2 rings (SSSR count). The van der Waals surface area contributed by atoms with Crippen LogP contribution in [0, 0.1) is 5.41 Å². The van der Waals surface area contributed by atoms with Gasteiger partial charge in [0.15, 0.2) is 0 Å². The molecule has 1 unspecified atom stereocenters. The van der Waals surface area contributed by atoms with Gasteiger partial charge in [0.1, 0.15) is 0 Å². The number of aliphatic carboxylic acids is 1. The zero-order valence-corrected chi connectivity index (χ0v) is 12.7. The minimum atomic E-state index is -0.660. The van der Waals surface area contributed by atoms with Crippen LogP contribution in [0.5, 0.6) is 0 Å². The van der Waals surface area contributed by atoms with Gasteiger partial charge in [-0.1, -0.05) is 6.92 Å². The molecule has 2 heterocycles. The molecule has 1 aliphatic rings. The monoisotopic (exact) mass is 326 g/mol. The van der Waals surface area contributed by atoms with Crippen molar-refractivity contribution in [3.63, 3.8) is 0 Å². The number of rotatable bonds is 4. The standard InChI is InChI=1S/C14H19BrN2O2/c1-2-14(13(18)19)4-3-5-17(10-14)9-11-6-12(15)8-16-7-11/h6-8H,2-5,9-10H2,1H3,(H,18,19). The topological polar surface area (TPSA) is 53.4 Å². The summed E-state index contributed by atoms with van der Waals surface area (Å²) in [5, 5.41) is 9.47. The zero-order chi connectivity index (χ0) is 13.9. The molecular formula is C14H19BrN2O2.